The zero-order valence-electron chi connectivity index (χ0n) is 13.4. The van der Waals surface area contributed by atoms with Crippen LogP contribution in [0.2, 0.25) is 0 Å². The van der Waals surface area contributed by atoms with Gasteiger partial charge in [-0.25, -0.2) is 9.37 Å². The SMILES string of the molecule is CCN1CCN([C@@H](C)C(=O)Nc2nc3ccc(F)cc3s2)CC1. The summed E-state index contributed by atoms with van der Waals surface area (Å²) in [5.74, 6) is -0.351. The summed E-state index contributed by atoms with van der Waals surface area (Å²) in [4.78, 5) is 21.3. The van der Waals surface area contributed by atoms with E-state index in [1.54, 1.807) is 6.07 Å². The third-order valence-corrected chi connectivity index (χ3v) is 5.30. The van der Waals surface area contributed by atoms with Gasteiger partial charge in [-0.3, -0.25) is 9.69 Å². The number of aromatic nitrogens is 1. The van der Waals surface area contributed by atoms with Crippen molar-refractivity contribution in [1.29, 1.82) is 0 Å². The van der Waals surface area contributed by atoms with Gasteiger partial charge in [-0.1, -0.05) is 18.3 Å². The molecule has 1 amide bonds. The molecule has 1 N–H and O–H groups in total. The van der Waals surface area contributed by atoms with Gasteiger partial charge in [0.05, 0.1) is 16.3 Å². The fourth-order valence-corrected chi connectivity index (χ4v) is 3.69. The van der Waals surface area contributed by atoms with E-state index in [1.165, 1.54) is 23.5 Å². The summed E-state index contributed by atoms with van der Waals surface area (Å²) in [6.45, 7) is 8.91. The Bertz CT molecular complexity index is 696. The first-order chi connectivity index (χ1) is 11.1. The summed E-state index contributed by atoms with van der Waals surface area (Å²) in [5.41, 5.74) is 0.705. The lowest BCUT2D eigenvalue weighted by Gasteiger charge is -2.36. The Morgan fingerprint density at radius 1 is 1.39 bits per heavy atom. The number of rotatable bonds is 4. The van der Waals surface area contributed by atoms with E-state index < -0.39 is 0 Å². The Balaban J connectivity index is 1.63. The van der Waals surface area contributed by atoms with Gasteiger partial charge in [-0.2, -0.15) is 0 Å². The average Bonchev–Trinajstić information content (AvgIpc) is 2.95. The number of piperazine rings is 1. The van der Waals surface area contributed by atoms with Crippen molar-refractivity contribution in [2.24, 2.45) is 0 Å². The molecule has 0 unspecified atom stereocenters. The van der Waals surface area contributed by atoms with E-state index in [2.05, 4.69) is 27.0 Å². The number of amides is 1. The van der Waals surface area contributed by atoms with Crippen LogP contribution < -0.4 is 5.32 Å². The maximum absolute atomic E-state index is 13.2. The molecule has 124 valence electrons. The summed E-state index contributed by atoms with van der Waals surface area (Å²) in [5, 5.41) is 3.39. The molecular weight excluding hydrogens is 315 g/mol. The second-order valence-electron chi connectivity index (χ2n) is 5.77. The zero-order valence-corrected chi connectivity index (χ0v) is 14.2. The molecule has 1 aromatic heterocycles. The molecule has 0 bridgehead atoms. The minimum absolute atomic E-state index is 0.0607. The van der Waals surface area contributed by atoms with Crippen molar-refractivity contribution in [3.8, 4) is 0 Å². The fraction of sp³-hybridized carbons (Fsp3) is 0.500. The Hall–Kier alpha value is -1.57. The highest BCUT2D eigenvalue weighted by Crippen LogP contribution is 2.26. The van der Waals surface area contributed by atoms with Crippen LogP contribution in [0.5, 0.6) is 0 Å². The van der Waals surface area contributed by atoms with Gasteiger partial charge in [0.15, 0.2) is 5.13 Å². The number of nitrogens with zero attached hydrogens (tertiary/aromatic N) is 3. The lowest BCUT2D eigenvalue weighted by Crippen LogP contribution is -2.52. The highest BCUT2D eigenvalue weighted by Gasteiger charge is 2.25. The molecule has 0 spiro atoms. The van der Waals surface area contributed by atoms with Crippen molar-refractivity contribution < 1.29 is 9.18 Å². The molecule has 3 rings (SSSR count). The minimum Gasteiger partial charge on any atom is -0.301 e. The van der Waals surface area contributed by atoms with Crippen LogP contribution in [0.3, 0.4) is 0 Å². The second kappa shape index (κ2) is 6.90. The Morgan fingerprint density at radius 2 is 2.13 bits per heavy atom. The number of halogens is 1. The summed E-state index contributed by atoms with van der Waals surface area (Å²) in [6.07, 6.45) is 0. The number of fused-ring (bicyclic) bond motifs is 1. The molecule has 23 heavy (non-hydrogen) atoms. The topological polar surface area (TPSA) is 48.5 Å². The number of hydrogen-bond donors (Lipinski definition) is 1. The standard InChI is InChI=1S/C16H21FN4OS/c1-3-20-6-8-21(9-7-20)11(2)15(22)19-16-18-13-5-4-12(17)10-14(13)23-16/h4-5,10-11H,3,6-9H2,1-2H3,(H,18,19,22)/t11-/m0/s1. The normalized spacial score (nSPS) is 18.2. The number of likely N-dealkylation sites (N-methyl/N-ethyl adjacent to an activating group) is 1. The molecule has 2 heterocycles. The monoisotopic (exact) mass is 336 g/mol. The predicted molar refractivity (Wildman–Crippen MR) is 91.4 cm³/mol. The average molecular weight is 336 g/mol. The van der Waals surface area contributed by atoms with Gasteiger partial charge in [0.25, 0.3) is 0 Å². The molecule has 7 heteroatoms. The van der Waals surface area contributed by atoms with Crippen LogP contribution in [0.4, 0.5) is 9.52 Å². The lowest BCUT2D eigenvalue weighted by atomic mass is 10.2. The van der Waals surface area contributed by atoms with Crippen LogP contribution in [-0.2, 0) is 4.79 Å². The molecule has 1 aliphatic heterocycles. The molecule has 1 aromatic carbocycles. The van der Waals surface area contributed by atoms with E-state index in [9.17, 15) is 9.18 Å². The van der Waals surface area contributed by atoms with Crippen LogP contribution in [-0.4, -0.2) is 59.5 Å². The highest BCUT2D eigenvalue weighted by molar-refractivity contribution is 7.22. The van der Waals surface area contributed by atoms with Gasteiger partial charge in [-0.05, 0) is 31.7 Å². The molecular formula is C16H21FN4OS. The smallest absolute Gasteiger partial charge is 0.243 e. The predicted octanol–water partition coefficient (Wildman–Crippen LogP) is 2.40. The summed E-state index contributed by atoms with van der Waals surface area (Å²) in [7, 11) is 0. The van der Waals surface area contributed by atoms with Crippen molar-refractivity contribution in [1.82, 2.24) is 14.8 Å². The molecule has 0 aliphatic carbocycles. The maximum atomic E-state index is 13.2. The molecule has 1 saturated heterocycles. The van der Waals surface area contributed by atoms with E-state index in [-0.39, 0.29) is 17.8 Å². The second-order valence-corrected chi connectivity index (χ2v) is 6.80. The minimum atomic E-state index is -0.291. The number of thiazole rings is 1. The van der Waals surface area contributed by atoms with Crippen molar-refractivity contribution in [2.75, 3.05) is 38.0 Å². The lowest BCUT2D eigenvalue weighted by molar-refractivity contribution is -0.121. The first kappa shape index (κ1) is 16.3. The van der Waals surface area contributed by atoms with Crippen molar-refractivity contribution in [3.63, 3.8) is 0 Å². The molecule has 1 fully saturated rings. The maximum Gasteiger partial charge on any atom is 0.243 e. The number of hydrogen-bond acceptors (Lipinski definition) is 5. The Kier molecular flexibility index (Phi) is 4.89. The summed E-state index contributed by atoms with van der Waals surface area (Å²) in [6, 6.07) is 4.25. The van der Waals surface area contributed by atoms with E-state index in [0.717, 1.165) is 37.4 Å². The Labute approximate surface area is 139 Å². The molecule has 0 radical (unpaired) electrons. The number of nitrogens with one attached hydrogen (secondary N) is 1. The van der Waals surface area contributed by atoms with Crippen LogP contribution in [0, 0.1) is 5.82 Å². The van der Waals surface area contributed by atoms with Crippen molar-refractivity contribution in [2.45, 2.75) is 19.9 Å². The van der Waals surface area contributed by atoms with Gasteiger partial charge >= 0.3 is 0 Å². The largest absolute Gasteiger partial charge is 0.301 e. The van der Waals surface area contributed by atoms with Crippen molar-refractivity contribution in [3.05, 3.63) is 24.0 Å². The van der Waals surface area contributed by atoms with Gasteiger partial charge in [-0.15, -0.1) is 0 Å². The van der Waals surface area contributed by atoms with Gasteiger partial charge in [0, 0.05) is 26.2 Å². The van der Waals surface area contributed by atoms with E-state index in [4.69, 9.17) is 0 Å². The summed E-state index contributed by atoms with van der Waals surface area (Å²) >= 11 is 1.30. The quantitative estimate of drug-likeness (QED) is 0.931. The molecule has 2 aromatic rings. The fourth-order valence-electron chi connectivity index (χ4n) is 2.79. The molecule has 1 aliphatic rings. The first-order valence-electron chi connectivity index (χ1n) is 7.90. The van der Waals surface area contributed by atoms with Crippen LogP contribution in [0.25, 0.3) is 10.2 Å². The van der Waals surface area contributed by atoms with E-state index >= 15 is 0 Å². The van der Waals surface area contributed by atoms with Gasteiger partial charge in [0.2, 0.25) is 5.91 Å². The van der Waals surface area contributed by atoms with Crippen LogP contribution in [0.15, 0.2) is 18.2 Å². The van der Waals surface area contributed by atoms with E-state index in [1.807, 2.05) is 6.92 Å². The first-order valence-corrected chi connectivity index (χ1v) is 8.72. The number of anilines is 1. The van der Waals surface area contributed by atoms with E-state index in [0.29, 0.717) is 10.6 Å². The van der Waals surface area contributed by atoms with Gasteiger partial charge in [0.1, 0.15) is 5.82 Å². The zero-order chi connectivity index (χ0) is 16.4. The Morgan fingerprint density at radius 3 is 2.83 bits per heavy atom. The third kappa shape index (κ3) is 3.68. The third-order valence-electron chi connectivity index (χ3n) is 4.36. The highest BCUT2D eigenvalue weighted by atomic mass is 32.1. The van der Waals surface area contributed by atoms with Crippen molar-refractivity contribution >= 4 is 32.6 Å². The van der Waals surface area contributed by atoms with Gasteiger partial charge < -0.3 is 10.2 Å². The number of carbonyl (C=O) groups is 1. The number of carbonyl (C=O) groups excluding carboxylic acids is 1. The molecule has 1 atom stereocenters. The molecule has 0 saturated carbocycles. The molecule has 5 nitrogen and oxygen atoms in total. The summed E-state index contributed by atoms with van der Waals surface area (Å²) < 4.78 is 14.0. The van der Waals surface area contributed by atoms with Crippen LogP contribution in [0.1, 0.15) is 13.8 Å². The number of benzene rings is 1. The van der Waals surface area contributed by atoms with Crippen LogP contribution >= 0.6 is 11.3 Å².